The van der Waals surface area contributed by atoms with Gasteiger partial charge >= 0.3 is 0 Å². The summed E-state index contributed by atoms with van der Waals surface area (Å²) >= 11 is 6.37. The van der Waals surface area contributed by atoms with Crippen molar-refractivity contribution in [3.8, 4) is 22.4 Å². The van der Waals surface area contributed by atoms with E-state index in [4.69, 9.17) is 16.7 Å². The van der Waals surface area contributed by atoms with Gasteiger partial charge in [-0.05, 0) is 49.7 Å². The third-order valence-corrected chi connectivity index (χ3v) is 5.03. The standard InChI is InChI=1S/C21H16ClFN2.C4H4N2/c1-13-6-8-15(9-7-13)21-14(2)24-25-19(11-17(22)12-20(21)25)16-4-3-5-18(23)10-16;1-2-5-4-6-3-1/h3-12H,1-2H3;1-4H. The fraction of sp³-hybridized carbons (Fsp3) is 0.0800. The summed E-state index contributed by atoms with van der Waals surface area (Å²) < 4.78 is 15.5. The number of rotatable bonds is 2. The number of nitrogens with zero attached hydrogens (tertiary/aromatic N) is 4. The molecule has 0 aliphatic carbocycles. The molecule has 0 amide bonds. The van der Waals surface area contributed by atoms with Crippen LogP contribution in [0.3, 0.4) is 0 Å². The Morgan fingerprint density at radius 2 is 1.58 bits per heavy atom. The van der Waals surface area contributed by atoms with Crippen molar-refractivity contribution in [1.29, 1.82) is 0 Å². The van der Waals surface area contributed by atoms with Gasteiger partial charge in [0.15, 0.2) is 0 Å². The molecule has 0 saturated carbocycles. The van der Waals surface area contributed by atoms with Crippen molar-refractivity contribution >= 4 is 17.1 Å². The maximum absolute atomic E-state index is 13.7. The van der Waals surface area contributed by atoms with Crippen molar-refractivity contribution in [1.82, 2.24) is 19.6 Å². The molecule has 5 aromatic rings. The van der Waals surface area contributed by atoms with Crippen molar-refractivity contribution < 1.29 is 4.39 Å². The number of aromatic nitrogens is 4. The monoisotopic (exact) mass is 430 g/mol. The molecule has 0 bridgehead atoms. The summed E-state index contributed by atoms with van der Waals surface area (Å²) in [6.45, 7) is 4.04. The van der Waals surface area contributed by atoms with Crippen molar-refractivity contribution in [2.24, 2.45) is 0 Å². The van der Waals surface area contributed by atoms with Crippen molar-refractivity contribution in [2.45, 2.75) is 13.8 Å². The third-order valence-electron chi connectivity index (χ3n) is 4.81. The van der Waals surface area contributed by atoms with E-state index in [1.54, 1.807) is 24.5 Å². The van der Waals surface area contributed by atoms with Crippen molar-refractivity contribution in [2.75, 3.05) is 0 Å². The molecule has 2 aromatic carbocycles. The van der Waals surface area contributed by atoms with Crippen LogP contribution in [-0.2, 0) is 0 Å². The lowest BCUT2D eigenvalue weighted by Gasteiger charge is -2.08. The van der Waals surface area contributed by atoms with Crippen LogP contribution in [0, 0.1) is 19.7 Å². The van der Waals surface area contributed by atoms with Gasteiger partial charge in [0, 0.05) is 28.5 Å². The molecule has 5 rings (SSSR count). The van der Waals surface area contributed by atoms with Crippen LogP contribution in [0.25, 0.3) is 27.9 Å². The van der Waals surface area contributed by atoms with E-state index in [1.807, 2.05) is 29.6 Å². The second kappa shape index (κ2) is 9.06. The van der Waals surface area contributed by atoms with Crippen LogP contribution in [0.15, 0.2) is 85.5 Å². The first-order valence-electron chi connectivity index (χ1n) is 9.75. The second-order valence-electron chi connectivity index (χ2n) is 7.10. The maximum Gasteiger partial charge on any atom is 0.123 e. The molecule has 0 radical (unpaired) electrons. The van der Waals surface area contributed by atoms with Gasteiger partial charge in [0.25, 0.3) is 0 Å². The molecular formula is C25H20ClFN4. The van der Waals surface area contributed by atoms with E-state index in [0.717, 1.165) is 33.6 Å². The fourth-order valence-electron chi connectivity index (χ4n) is 3.41. The summed E-state index contributed by atoms with van der Waals surface area (Å²) in [6.07, 6.45) is 4.88. The van der Waals surface area contributed by atoms with Gasteiger partial charge in [-0.3, -0.25) is 0 Å². The highest BCUT2D eigenvalue weighted by molar-refractivity contribution is 6.31. The highest BCUT2D eigenvalue weighted by Crippen LogP contribution is 2.33. The Balaban J connectivity index is 0.000000334. The van der Waals surface area contributed by atoms with Gasteiger partial charge in [-0.2, -0.15) is 5.10 Å². The fourth-order valence-corrected chi connectivity index (χ4v) is 3.62. The number of hydrogen-bond donors (Lipinski definition) is 0. The summed E-state index contributed by atoms with van der Waals surface area (Å²) in [6, 6.07) is 20.3. The number of pyridine rings is 1. The number of fused-ring (bicyclic) bond motifs is 1. The molecule has 0 aliphatic heterocycles. The molecule has 0 unspecified atom stereocenters. The predicted octanol–water partition coefficient (Wildman–Crippen LogP) is 6.55. The van der Waals surface area contributed by atoms with Gasteiger partial charge in [-0.15, -0.1) is 0 Å². The van der Waals surface area contributed by atoms with Gasteiger partial charge < -0.3 is 0 Å². The second-order valence-corrected chi connectivity index (χ2v) is 7.53. The van der Waals surface area contributed by atoms with E-state index in [2.05, 4.69) is 41.2 Å². The normalized spacial score (nSPS) is 10.6. The summed E-state index contributed by atoms with van der Waals surface area (Å²) in [5.74, 6) is -0.284. The van der Waals surface area contributed by atoms with Crippen LogP contribution in [0.5, 0.6) is 0 Å². The SMILES string of the molecule is Cc1ccc(-c2c(C)nn3c(-c4cccc(F)c4)cc(Cl)cc23)cc1.c1cncnc1. The molecule has 3 heterocycles. The minimum Gasteiger partial charge on any atom is -0.245 e. The molecule has 0 N–H and O–H groups in total. The summed E-state index contributed by atoms with van der Waals surface area (Å²) in [7, 11) is 0. The minimum atomic E-state index is -0.284. The number of aryl methyl sites for hydroxylation is 2. The molecular weight excluding hydrogens is 411 g/mol. The number of hydrogen-bond acceptors (Lipinski definition) is 3. The summed E-state index contributed by atoms with van der Waals surface area (Å²) in [4.78, 5) is 7.35. The number of halogens is 2. The summed E-state index contributed by atoms with van der Waals surface area (Å²) in [5, 5.41) is 5.29. The Bertz CT molecular complexity index is 1290. The Morgan fingerprint density at radius 1 is 0.839 bits per heavy atom. The van der Waals surface area contributed by atoms with Gasteiger partial charge in [0.1, 0.15) is 12.1 Å². The van der Waals surface area contributed by atoms with Crippen LogP contribution in [-0.4, -0.2) is 19.6 Å². The molecule has 3 aromatic heterocycles. The Labute approximate surface area is 185 Å². The smallest absolute Gasteiger partial charge is 0.123 e. The Kier molecular flexibility index (Phi) is 6.05. The number of benzene rings is 2. The summed E-state index contributed by atoms with van der Waals surface area (Å²) in [5.41, 5.74) is 6.66. The van der Waals surface area contributed by atoms with Crippen LogP contribution in [0.4, 0.5) is 4.39 Å². The highest BCUT2D eigenvalue weighted by Gasteiger charge is 2.16. The average Bonchev–Trinajstić information content (AvgIpc) is 3.11. The molecule has 0 spiro atoms. The molecule has 0 atom stereocenters. The lowest BCUT2D eigenvalue weighted by molar-refractivity contribution is 0.628. The van der Waals surface area contributed by atoms with Crippen LogP contribution < -0.4 is 0 Å². The molecule has 0 saturated heterocycles. The Hall–Kier alpha value is -3.57. The lowest BCUT2D eigenvalue weighted by atomic mass is 10.0. The highest BCUT2D eigenvalue weighted by atomic mass is 35.5. The quantitative estimate of drug-likeness (QED) is 0.318. The van der Waals surface area contributed by atoms with Crippen LogP contribution in [0.2, 0.25) is 5.02 Å². The molecule has 4 nitrogen and oxygen atoms in total. The topological polar surface area (TPSA) is 43.1 Å². The minimum absolute atomic E-state index is 0.284. The first kappa shape index (κ1) is 20.7. The van der Waals surface area contributed by atoms with Crippen LogP contribution in [0.1, 0.15) is 11.3 Å². The Morgan fingerprint density at radius 3 is 2.19 bits per heavy atom. The predicted molar refractivity (Wildman–Crippen MR) is 123 cm³/mol. The van der Waals surface area contributed by atoms with Crippen LogP contribution >= 0.6 is 11.6 Å². The van der Waals surface area contributed by atoms with E-state index < -0.39 is 0 Å². The first-order valence-corrected chi connectivity index (χ1v) is 10.1. The van der Waals surface area contributed by atoms with Gasteiger partial charge in [-0.25, -0.2) is 18.9 Å². The van der Waals surface area contributed by atoms with E-state index in [9.17, 15) is 4.39 Å². The zero-order chi connectivity index (χ0) is 21.8. The molecule has 31 heavy (non-hydrogen) atoms. The third kappa shape index (κ3) is 4.62. The average molecular weight is 431 g/mol. The van der Waals surface area contributed by atoms with E-state index in [-0.39, 0.29) is 5.82 Å². The van der Waals surface area contributed by atoms with Crippen molar-refractivity contribution in [3.05, 3.63) is 108 Å². The maximum atomic E-state index is 13.7. The lowest BCUT2D eigenvalue weighted by Crippen LogP contribution is -1.95. The van der Waals surface area contributed by atoms with E-state index >= 15 is 0 Å². The molecule has 6 heteroatoms. The van der Waals surface area contributed by atoms with Crippen molar-refractivity contribution in [3.63, 3.8) is 0 Å². The zero-order valence-electron chi connectivity index (χ0n) is 17.1. The first-order chi connectivity index (χ1) is 15.0. The van der Waals surface area contributed by atoms with E-state index in [0.29, 0.717) is 5.02 Å². The largest absolute Gasteiger partial charge is 0.245 e. The van der Waals surface area contributed by atoms with Gasteiger partial charge in [0.05, 0.1) is 16.9 Å². The molecule has 0 aliphatic rings. The molecule has 154 valence electrons. The van der Waals surface area contributed by atoms with Gasteiger partial charge in [-0.1, -0.05) is 53.6 Å². The molecule has 0 fully saturated rings. The van der Waals surface area contributed by atoms with Gasteiger partial charge in [0.2, 0.25) is 0 Å². The van der Waals surface area contributed by atoms with E-state index in [1.165, 1.54) is 24.0 Å². The zero-order valence-corrected chi connectivity index (χ0v) is 17.9.